The highest BCUT2D eigenvalue weighted by atomic mass is 16.5. The number of aryl methyl sites for hydroxylation is 3. The van der Waals surface area contributed by atoms with Gasteiger partial charge in [-0.05, 0) is 67.1 Å². The molecular formula is C33H40N4O3. The topological polar surface area (TPSA) is 69.5 Å². The second-order valence-corrected chi connectivity index (χ2v) is 11.0. The number of rotatable bonds is 8. The van der Waals surface area contributed by atoms with Crippen molar-refractivity contribution in [1.82, 2.24) is 19.9 Å². The molecule has 0 aliphatic carbocycles. The molecule has 4 aromatic rings. The van der Waals surface area contributed by atoms with E-state index in [1.54, 1.807) is 4.68 Å². The first-order valence-corrected chi connectivity index (χ1v) is 14.3. The number of nitrogens with zero attached hydrogens (tertiary/aromatic N) is 4. The third-order valence-electron chi connectivity index (χ3n) is 8.28. The quantitative estimate of drug-likeness (QED) is 0.252. The van der Waals surface area contributed by atoms with Crippen molar-refractivity contribution in [2.45, 2.75) is 66.2 Å². The first kappa shape index (κ1) is 27.8. The van der Waals surface area contributed by atoms with E-state index < -0.39 is 0 Å². The van der Waals surface area contributed by atoms with Crippen molar-refractivity contribution in [3.05, 3.63) is 88.0 Å². The van der Waals surface area contributed by atoms with Crippen LogP contribution in [-0.2, 0) is 29.7 Å². The van der Waals surface area contributed by atoms with Crippen LogP contribution in [0.3, 0.4) is 0 Å². The molecule has 1 aromatic heterocycles. The number of esters is 1. The molecule has 0 saturated heterocycles. The molecule has 2 heterocycles. The third kappa shape index (κ3) is 5.48. The zero-order valence-electron chi connectivity index (χ0n) is 24.5. The summed E-state index contributed by atoms with van der Waals surface area (Å²) in [5.41, 5.74) is 8.77. The van der Waals surface area contributed by atoms with Crippen molar-refractivity contribution in [3.63, 3.8) is 0 Å². The lowest BCUT2D eigenvalue weighted by Gasteiger charge is -2.28. The Balaban J connectivity index is 1.54. The monoisotopic (exact) mass is 540 g/mol. The van der Waals surface area contributed by atoms with Gasteiger partial charge in [-0.2, -0.15) is 0 Å². The van der Waals surface area contributed by atoms with Gasteiger partial charge >= 0.3 is 5.97 Å². The minimum atomic E-state index is -0.369. The Morgan fingerprint density at radius 1 is 1.12 bits per heavy atom. The molecule has 7 heteroatoms. The van der Waals surface area contributed by atoms with Gasteiger partial charge in [0, 0.05) is 38.2 Å². The normalized spacial score (nSPS) is 17.1. The SMILES string of the molecule is CCOC(=O)C(C)[C@@H](c1ccc(C)c(CN2Cc3ccccc3OC(CC)C2)c1)c1ccc2c(nnn2C)c1C. The van der Waals surface area contributed by atoms with Crippen LogP contribution in [0.5, 0.6) is 5.75 Å². The van der Waals surface area contributed by atoms with E-state index in [4.69, 9.17) is 9.47 Å². The van der Waals surface area contributed by atoms with Gasteiger partial charge in [-0.1, -0.05) is 61.5 Å². The summed E-state index contributed by atoms with van der Waals surface area (Å²) in [6, 6.07) is 19.2. The zero-order valence-corrected chi connectivity index (χ0v) is 24.5. The first-order chi connectivity index (χ1) is 19.3. The van der Waals surface area contributed by atoms with E-state index in [0.29, 0.717) is 6.61 Å². The third-order valence-corrected chi connectivity index (χ3v) is 8.28. The average Bonchev–Trinajstić information content (AvgIpc) is 3.23. The Kier molecular flexibility index (Phi) is 8.22. The first-order valence-electron chi connectivity index (χ1n) is 14.3. The summed E-state index contributed by atoms with van der Waals surface area (Å²) >= 11 is 0. The molecule has 40 heavy (non-hydrogen) atoms. The number of carbonyl (C=O) groups is 1. The second kappa shape index (κ2) is 11.8. The smallest absolute Gasteiger partial charge is 0.309 e. The number of hydrogen-bond acceptors (Lipinski definition) is 6. The van der Waals surface area contributed by atoms with Gasteiger partial charge in [-0.25, -0.2) is 4.68 Å². The standard InChI is InChI=1S/C33H40N4O3/c1-7-27-20-37(18-25-11-9-10-12-30(25)40-27)19-26-17-24(14-13-21(26)3)31(23(5)33(38)39-8-2)28-15-16-29-32(22(28)4)34-35-36(29)6/h9-17,23,27,31H,7-8,18-20H2,1-6H3/t23?,27?,31-/m0/s1. The molecule has 3 aromatic carbocycles. The maximum atomic E-state index is 13.1. The molecule has 3 atom stereocenters. The van der Waals surface area contributed by atoms with Crippen molar-refractivity contribution >= 4 is 17.0 Å². The summed E-state index contributed by atoms with van der Waals surface area (Å²) in [6.07, 6.45) is 1.10. The van der Waals surface area contributed by atoms with Gasteiger partial charge in [0.25, 0.3) is 0 Å². The number of carbonyl (C=O) groups excluding carboxylic acids is 1. The Hall–Kier alpha value is -3.71. The molecule has 0 fully saturated rings. The maximum Gasteiger partial charge on any atom is 0.309 e. The van der Waals surface area contributed by atoms with Gasteiger partial charge in [-0.3, -0.25) is 9.69 Å². The van der Waals surface area contributed by atoms with Gasteiger partial charge in [0.1, 0.15) is 17.4 Å². The van der Waals surface area contributed by atoms with E-state index in [0.717, 1.165) is 59.5 Å². The van der Waals surface area contributed by atoms with Crippen molar-refractivity contribution < 1.29 is 14.3 Å². The van der Waals surface area contributed by atoms with E-state index in [1.165, 1.54) is 16.7 Å². The molecule has 0 radical (unpaired) electrons. The molecule has 5 rings (SSSR count). The van der Waals surface area contributed by atoms with Gasteiger partial charge in [0.15, 0.2) is 0 Å². The fourth-order valence-corrected chi connectivity index (χ4v) is 5.92. The molecular weight excluding hydrogens is 500 g/mol. The van der Waals surface area contributed by atoms with Crippen LogP contribution in [0.15, 0.2) is 54.6 Å². The minimum absolute atomic E-state index is 0.144. The maximum absolute atomic E-state index is 13.1. The summed E-state index contributed by atoms with van der Waals surface area (Å²) in [5.74, 6) is 0.244. The largest absolute Gasteiger partial charge is 0.489 e. The predicted octanol–water partition coefficient (Wildman–Crippen LogP) is 6.09. The Morgan fingerprint density at radius 2 is 1.93 bits per heavy atom. The van der Waals surface area contributed by atoms with E-state index in [2.05, 4.69) is 84.5 Å². The highest BCUT2D eigenvalue weighted by molar-refractivity contribution is 5.81. The molecule has 0 spiro atoms. The molecule has 2 unspecified atom stereocenters. The van der Waals surface area contributed by atoms with E-state index >= 15 is 0 Å². The summed E-state index contributed by atoms with van der Waals surface area (Å²) in [4.78, 5) is 15.6. The Labute approximate surface area is 237 Å². The fourth-order valence-electron chi connectivity index (χ4n) is 5.92. The molecule has 7 nitrogen and oxygen atoms in total. The van der Waals surface area contributed by atoms with Crippen LogP contribution < -0.4 is 4.74 Å². The average molecular weight is 541 g/mol. The Bertz CT molecular complexity index is 1510. The van der Waals surface area contributed by atoms with Crippen LogP contribution in [0.1, 0.15) is 66.5 Å². The molecule has 210 valence electrons. The van der Waals surface area contributed by atoms with Gasteiger partial charge < -0.3 is 9.47 Å². The number of fused-ring (bicyclic) bond motifs is 2. The predicted molar refractivity (Wildman–Crippen MR) is 157 cm³/mol. The van der Waals surface area contributed by atoms with E-state index in [1.807, 2.05) is 27.0 Å². The van der Waals surface area contributed by atoms with Gasteiger partial charge in [0.2, 0.25) is 0 Å². The highest BCUT2D eigenvalue weighted by Gasteiger charge is 2.31. The zero-order chi connectivity index (χ0) is 28.4. The fraction of sp³-hybridized carbons (Fsp3) is 0.424. The van der Waals surface area contributed by atoms with Crippen molar-refractivity contribution in [1.29, 1.82) is 0 Å². The number of para-hydroxylation sites is 1. The second-order valence-electron chi connectivity index (χ2n) is 11.0. The van der Waals surface area contributed by atoms with Crippen LogP contribution >= 0.6 is 0 Å². The summed E-state index contributed by atoms with van der Waals surface area (Å²) < 4.78 is 13.6. The van der Waals surface area contributed by atoms with Crippen molar-refractivity contribution in [2.24, 2.45) is 13.0 Å². The van der Waals surface area contributed by atoms with Crippen LogP contribution in [0.4, 0.5) is 0 Å². The van der Waals surface area contributed by atoms with Crippen molar-refractivity contribution in [2.75, 3.05) is 13.2 Å². The van der Waals surface area contributed by atoms with Crippen LogP contribution in [0.25, 0.3) is 11.0 Å². The highest BCUT2D eigenvalue weighted by Crippen LogP contribution is 2.38. The molecule has 0 N–H and O–H groups in total. The lowest BCUT2D eigenvalue weighted by atomic mass is 9.78. The van der Waals surface area contributed by atoms with Gasteiger partial charge in [0.05, 0.1) is 18.0 Å². The lowest BCUT2D eigenvalue weighted by molar-refractivity contribution is -0.147. The summed E-state index contributed by atoms with van der Waals surface area (Å²) in [5, 5.41) is 8.65. The molecule has 0 saturated carbocycles. The van der Waals surface area contributed by atoms with E-state index in [-0.39, 0.29) is 23.9 Å². The summed E-state index contributed by atoms with van der Waals surface area (Å²) in [7, 11) is 1.90. The molecule has 1 aliphatic rings. The number of benzene rings is 3. The number of hydrogen-bond donors (Lipinski definition) is 0. The molecule has 1 aliphatic heterocycles. The number of aromatic nitrogens is 3. The van der Waals surface area contributed by atoms with E-state index in [9.17, 15) is 4.79 Å². The lowest BCUT2D eigenvalue weighted by Crippen LogP contribution is -2.32. The number of ether oxygens (including phenoxy) is 2. The summed E-state index contributed by atoms with van der Waals surface area (Å²) in [6.45, 7) is 13.1. The molecule has 0 bridgehead atoms. The van der Waals surface area contributed by atoms with Crippen LogP contribution in [-0.4, -0.2) is 45.1 Å². The molecule has 0 amide bonds. The minimum Gasteiger partial charge on any atom is -0.489 e. The van der Waals surface area contributed by atoms with Crippen LogP contribution in [0, 0.1) is 19.8 Å². The van der Waals surface area contributed by atoms with Gasteiger partial charge in [-0.15, -0.1) is 5.10 Å². The van der Waals surface area contributed by atoms with Crippen molar-refractivity contribution in [3.8, 4) is 5.75 Å². The Morgan fingerprint density at radius 3 is 2.70 bits per heavy atom. The van der Waals surface area contributed by atoms with Crippen LogP contribution in [0.2, 0.25) is 0 Å².